The van der Waals surface area contributed by atoms with Crippen molar-refractivity contribution in [3.63, 3.8) is 0 Å². The van der Waals surface area contributed by atoms with Crippen molar-refractivity contribution >= 4 is 16.8 Å². The van der Waals surface area contributed by atoms with Crippen LogP contribution < -0.4 is 0 Å². The van der Waals surface area contributed by atoms with Crippen LogP contribution >= 0.6 is 0 Å². The van der Waals surface area contributed by atoms with Crippen molar-refractivity contribution in [3.05, 3.63) is 78.5 Å². The van der Waals surface area contributed by atoms with Gasteiger partial charge in [0.25, 0.3) is 0 Å². The van der Waals surface area contributed by atoms with Crippen molar-refractivity contribution in [1.29, 1.82) is 0 Å². The molecule has 6 nitrogen and oxygen atoms in total. The van der Waals surface area contributed by atoms with Crippen LogP contribution in [-0.4, -0.2) is 44.9 Å². The standard InChI is InChI=1S/C31H35FN4O2/c32-28-6-2-1-5-24(28)9-11-30(37)34-15-12-23(13-16-34)21-35-17-14-26-19-25(8-10-29(26)35)27-20-33-36(22-27)31-7-3-4-18-38-31/h1-2,5-6,8,10,14,17,19-20,22-23,31H,3-4,7,9,11-13,15-16,18,21H2. The molecule has 1 unspecified atom stereocenters. The molecule has 0 N–H and O–H groups in total. The third-order valence-electron chi connectivity index (χ3n) is 8.14. The van der Waals surface area contributed by atoms with Crippen LogP contribution in [0.5, 0.6) is 0 Å². The second-order valence-corrected chi connectivity index (χ2v) is 10.7. The molecule has 2 aromatic heterocycles. The van der Waals surface area contributed by atoms with Crippen molar-refractivity contribution in [2.24, 2.45) is 5.92 Å². The van der Waals surface area contributed by atoms with Crippen LogP contribution in [-0.2, 0) is 22.5 Å². The Hall–Kier alpha value is -3.45. The molecule has 1 atom stereocenters. The Morgan fingerprint density at radius 1 is 1.03 bits per heavy atom. The van der Waals surface area contributed by atoms with Gasteiger partial charge in [0.1, 0.15) is 12.0 Å². The molecule has 2 fully saturated rings. The summed E-state index contributed by atoms with van der Waals surface area (Å²) in [5.41, 5.74) is 4.13. The maximum atomic E-state index is 13.9. The monoisotopic (exact) mass is 514 g/mol. The minimum atomic E-state index is -0.228. The van der Waals surface area contributed by atoms with E-state index in [9.17, 15) is 9.18 Å². The van der Waals surface area contributed by atoms with Gasteiger partial charge in [-0.2, -0.15) is 5.10 Å². The summed E-state index contributed by atoms with van der Waals surface area (Å²) in [6.07, 6.45) is 12.4. The molecule has 2 saturated heterocycles. The second kappa shape index (κ2) is 11.1. The van der Waals surface area contributed by atoms with E-state index in [1.807, 2.05) is 21.8 Å². The topological polar surface area (TPSA) is 52.3 Å². The Bertz CT molecular complexity index is 1400. The minimum Gasteiger partial charge on any atom is -0.357 e. The maximum Gasteiger partial charge on any atom is 0.222 e. The van der Waals surface area contributed by atoms with E-state index in [4.69, 9.17) is 4.74 Å². The van der Waals surface area contributed by atoms with Crippen molar-refractivity contribution in [2.45, 2.75) is 57.7 Å². The lowest BCUT2D eigenvalue weighted by Gasteiger charge is -2.32. The number of ether oxygens (including phenoxy) is 1. The van der Waals surface area contributed by atoms with Crippen LogP contribution in [0.3, 0.4) is 0 Å². The van der Waals surface area contributed by atoms with Gasteiger partial charge in [0.15, 0.2) is 0 Å². The molecular formula is C31H35FN4O2. The van der Waals surface area contributed by atoms with E-state index >= 15 is 0 Å². The maximum absolute atomic E-state index is 13.9. The van der Waals surface area contributed by atoms with E-state index in [1.165, 1.54) is 29.0 Å². The average molecular weight is 515 g/mol. The number of aryl methyl sites for hydroxylation is 1. The Labute approximate surface area is 223 Å². The van der Waals surface area contributed by atoms with Gasteiger partial charge in [0, 0.05) is 61.5 Å². The van der Waals surface area contributed by atoms with Crippen molar-refractivity contribution in [1.82, 2.24) is 19.2 Å². The van der Waals surface area contributed by atoms with E-state index in [-0.39, 0.29) is 18.0 Å². The van der Waals surface area contributed by atoms with Gasteiger partial charge in [-0.25, -0.2) is 9.07 Å². The number of benzene rings is 2. The average Bonchev–Trinajstić information content (AvgIpc) is 3.61. The highest BCUT2D eigenvalue weighted by atomic mass is 19.1. The molecule has 0 bridgehead atoms. The number of amides is 1. The SMILES string of the molecule is O=C(CCc1ccccc1F)N1CCC(Cn2ccc3cc(-c4cnn(C5CCCCO5)c4)ccc32)CC1. The molecule has 0 radical (unpaired) electrons. The van der Waals surface area contributed by atoms with E-state index in [0.29, 0.717) is 24.3 Å². The zero-order chi connectivity index (χ0) is 25.9. The van der Waals surface area contributed by atoms with Crippen molar-refractivity contribution < 1.29 is 13.9 Å². The van der Waals surface area contributed by atoms with Gasteiger partial charge in [-0.15, -0.1) is 0 Å². The predicted molar refractivity (Wildman–Crippen MR) is 146 cm³/mol. The lowest BCUT2D eigenvalue weighted by molar-refractivity contribution is -0.132. The van der Waals surface area contributed by atoms with Crippen LogP contribution in [0.25, 0.3) is 22.0 Å². The lowest BCUT2D eigenvalue weighted by Crippen LogP contribution is -2.39. The van der Waals surface area contributed by atoms with Gasteiger partial charge in [0.2, 0.25) is 5.91 Å². The fourth-order valence-corrected chi connectivity index (χ4v) is 5.86. The van der Waals surface area contributed by atoms with Crippen molar-refractivity contribution in [2.75, 3.05) is 19.7 Å². The van der Waals surface area contributed by atoms with Gasteiger partial charge in [-0.1, -0.05) is 24.3 Å². The fraction of sp³-hybridized carbons (Fsp3) is 0.419. The highest BCUT2D eigenvalue weighted by molar-refractivity contribution is 5.85. The fourth-order valence-electron chi connectivity index (χ4n) is 5.86. The first-order valence-electron chi connectivity index (χ1n) is 13.9. The lowest BCUT2D eigenvalue weighted by atomic mass is 9.96. The number of rotatable bonds is 7. The molecule has 6 rings (SSSR count). The molecule has 4 heterocycles. The number of likely N-dealkylation sites (tertiary alicyclic amines) is 1. The van der Waals surface area contributed by atoms with E-state index in [0.717, 1.165) is 57.5 Å². The summed E-state index contributed by atoms with van der Waals surface area (Å²) in [6, 6.07) is 15.5. The molecular weight excluding hydrogens is 479 g/mol. The number of fused-ring (bicyclic) bond motifs is 1. The number of carbonyl (C=O) groups is 1. The zero-order valence-corrected chi connectivity index (χ0v) is 21.8. The molecule has 2 aliphatic heterocycles. The number of aromatic nitrogens is 3. The summed E-state index contributed by atoms with van der Waals surface area (Å²) >= 11 is 0. The summed E-state index contributed by atoms with van der Waals surface area (Å²) in [6.45, 7) is 3.32. The van der Waals surface area contributed by atoms with E-state index < -0.39 is 0 Å². The molecule has 0 saturated carbocycles. The first-order chi connectivity index (χ1) is 18.6. The third kappa shape index (κ3) is 5.39. The van der Waals surface area contributed by atoms with E-state index in [1.54, 1.807) is 12.1 Å². The number of hydrogen-bond acceptors (Lipinski definition) is 3. The van der Waals surface area contributed by atoms with E-state index in [2.05, 4.69) is 46.3 Å². The van der Waals surface area contributed by atoms with Gasteiger partial charge in [0.05, 0.1) is 6.20 Å². The summed E-state index contributed by atoms with van der Waals surface area (Å²) < 4.78 is 24.0. The Morgan fingerprint density at radius 3 is 2.71 bits per heavy atom. The molecule has 2 aromatic carbocycles. The molecule has 2 aliphatic rings. The number of carbonyl (C=O) groups excluding carboxylic acids is 1. The van der Waals surface area contributed by atoms with Crippen molar-refractivity contribution in [3.8, 4) is 11.1 Å². The van der Waals surface area contributed by atoms with Crippen LogP contribution in [0.15, 0.2) is 67.1 Å². The largest absolute Gasteiger partial charge is 0.357 e. The molecule has 7 heteroatoms. The summed E-state index contributed by atoms with van der Waals surface area (Å²) in [4.78, 5) is 14.7. The van der Waals surface area contributed by atoms with Gasteiger partial charge in [-0.3, -0.25) is 4.79 Å². The minimum absolute atomic E-state index is 0.0517. The smallest absolute Gasteiger partial charge is 0.222 e. The normalized spacial score (nSPS) is 18.8. The van der Waals surface area contributed by atoms with Crippen LogP contribution in [0.2, 0.25) is 0 Å². The highest BCUT2D eigenvalue weighted by Crippen LogP contribution is 2.29. The molecule has 198 valence electrons. The second-order valence-electron chi connectivity index (χ2n) is 10.7. The molecule has 0 spiro atoms. The zero-order valence-electron chi connectivity index (χ0n) is 21.8. The molecule has 1 amide bonds. The molecule has 0 aliphatic carbocycles. The summed E-state index contributed by atoms with van der Waals surface area (Å²) in [5.74, 6) is 0.438. The molecule has 4 aromatic rings. The Kier molecular flexibility index (Phi) is 7.27. The number of halogens is 1. The summed E-state index contributed by atoms with van der Waals surface area (Å²) in [7, 11) is 0. The van der Waals surface area contributed by atoms with Gasteiger partial charge in [-0.05, 0) is 79.8 Å². The predicted octanol–water partition coefficient (Wildman–Crippen LogP) is 6.21. The van der Waals surface area contributed by atoms with Gasteiger partial charge < -0.3 is 14.2 Å². The number of piperidine rings is 1. The third-order valence-corrected chi connectivity index (χ3v) is 8.14. The Balaban J connectivity index is 1.04. The number of nitrogens with zero attached hydrogens (tertiary/aromatic N) is 4. The van der Waals surface area contributed by atoms with Crippen LogP contribution in [0.4, 0.5) is 4.39 Å². The first-order valence-corrected chi connectivity index (χ1v) is 13.9. The summed E-state index contributed by atoms with van der Waals surface area (Å²) in [5, 5.41) is 5.80. The van der Waals surface area contributed by atoms with Crippen LogP contribution in [0, 0.1) is 11.7 Å². The van der Waals surface area contributed by atoms with Gasteiger partial charge >= 0.3 is 0 Å². The van der Waals surface area contributed by atoms with Crippen LogP contribution in [0.1, 0.15) is 50.3 Å². The number of hydrogen-bond donors (Lipinski definition) is 0. The highest BCUT2D eigenvalue weighted by Gasteiger charge is 2.23. The first kappa shape index (κ1) is 24.9. The quantitative estimate of drug-likeness (QED) is 0.294. The molecule has 38 heavy (non-hydrogen) atoms. The Morgan fingerprint density at radius 2 is 1.89 bits per heavy atom.